The Balaban J connectivity index is -0.000000107. The van der Waals surface area contributed by atoms with Crippen LogP contribution in [0.1, 0.15) is 0 Å². The van der Waals surface area contributed by atoms with Crippen LogP contribution in [0.2, 0.25) is 0 Å². The van der Waals surface area contributed by atoms with E-state index in [0.717, 1.165) is 0 Å². The fourth-order valence-corrected chi connectivity index (χ4v) is 0. The van der Waals surface area contributed by atoms with Gasteiger partial charge in [0.25, 0.3) is 0 Å². The van der Waals surface area contributed by atoms with E-state index in [0.29, 0.717) is 0 Å². The van der Waals surface area contributed by atoms with Crippen LogP contribution in [0.5, 0.6) is 0 Å². The molecule has 11 heavy (non-hydrogen) atoms. The van der Waals surface area contributed by atoms with E-state index in [-0.39, 0.29) is 26.2 Å². The summed E-state index contributed by atoms with van der Waals surface area (Å²) >= 11 is -12.3. The van der Waals surface area contributed by atoms with Gasteiger partial charge in [-0.1, -0.05) is 0 Å². The van der Waals surface area contributed by atoms with E-state index in [2.05, 4.69) is 0 Å². The summed E-state index contributed by atoms with van der Waals surface area (Å²) in [4.78, 5) is 0. The molecule has 64 valence electrons. The van der Waals surface area contributed by atoms with Gasteiger partial charge in [-0.05, 0) is 0 Å². The predicted octanol–water partition coefficient (Wildman–Crippen LogP) is -5.24. The van der Waals surface area contributed by atoms with Gasteiger partial charge in [0.1, 0.15) is 0 Å². The molecule has 0 fully saturated rings. The molecule has 0 aliphatic rings. The van der Waals surface area contributed by atoms with Crippen LogP contribution in [-0.4, -0.2) is 0 Å². The minimum atomic E-state index is -6.17. The zero-order chi connectivity index (χ0) is 9.00. The number of hydrogen-bond acceptors (Lipinski definition) is 8. The second-order valence-corrected chi connectivity index (χ2v) is 6.68. The van der Waals surface area contributed by atoms with Gasteiger partial charge in [0.2, 0.25) is 0 Å². The summed E-state index contributed by atoms with van der Waals surface area (Å²) in [7, 11) is 0. The van der Waals surface area contributed by atoms with Crippen molar-refractivity contribution in [3.8, 4) is 0 Å². The molecule has 0 aromatic rings. The molecule has 0 saturated heterocycles. The second kappa shape index (κ2) is 6.78. The fourth-order valence-electron chi connectivity index (χ4n) is 0. The van der Waals surface area contributed by atoms with Crippen molar-refractivity contribution in [2.24, 2.45) is 0 Å². The molecule has 11 heteroatoms. The maximum absolute atomic E-state index is 8.65. The summed E-state index contributed by atoms with van der Waals surface area (Å²) in [6, 6.07) is 0. The van der Waals surface area contributed by atoms with Crippen LogP contribution in [0, 0.1) is 0 Å². The van der Waals surface area contributed by atoms with E-state index in [1.807, 2.05) is 0 Å². The van der Waals surface area contributed by atoms with E-state index >= 15 is 0 Å². The molecule has 0 saturated carbocycles. The van der Waals surface area contributed by atoms with Gasteiger partial charge in [-0.15, -0.1) is 0 Å². The maximum Gasteiger partial charge on any atom is 4.00 e. The van der Waals surface area contributed by atoms with Crippen molar-refractivity contribution < 1.29 is 88.3 Å². The van der Waals surface area contributed by atoms with Crippen LogP contribution in [0.25, 0.3) is 0 Å². The monoisotopic (exact) mass is 586 g/mol. The predicted molar refractivity (Wildman–Crippen MR) is 2.75 cm³/mol. The first-order chi connectivity index (χ1) is 4.00. The first kappa shape index (κ1) is 18.2. The zero-order valence-corrected chi connectivity index (χ0v) is 12.9. The Morgan fingerprint density at radius 3 is 0.636 bits per heavy atom. The fraction of sp³-hybridized carbons (Fsp3) is 0. The molecular formula is O8W2Zr. The van der Waals surface area contributed by atoms with Gasteiger partial charge in [0.05, 0.1) is 0 Å². The molecule has 0 unspecified atom stereocenters. The Morgan fingerprint density at radius 2 is 0.636 bits per heavy atom. The van der Waals surface area contributed by atoms with Gasteiger partial charge in [-0.2, -0.15) is 0 Å². The molecule has 8 nitrogen and oxygen atoms in total. The summed E-state index contributed by atoms with van der Waals surface area (Å²) in [6.07, 6.45) is 0. The van der Waals surface area contributed by atoms with Crippen LogP contribution in [-0.2, 0) is 73.3 Å². The summed E-state index contributed by atoms with van der Waals surface area (Å²) in [5.41, 5.74) is 0. The molecule has 0 N–H and O–H groups in total. The number of hydrogen-bond donors (Lipinski definition) is 0. The Bertz CT molecular complexity index is 208. The van der Waals surface area contributed by atoms with E-state index in [1.165, 1.54) is 0 Å². The number of rotatable bonds is 0. The van der Waals surface area contributed by atoms with Crippen LogP contribution < -0.4 is 15.0 Å². The van der Waals surface area contributed by atoms with Crippen molar-refractivity contribution >= 4 is 0 Å². The molecule has 0 atom stereocenters. The Kier molecular flexibility index (Phi) is 11.2. The van der Waals surface area contributed by atoms with Crippen LogP contribution in [0.3, 0.4) is 0 Å². The van der Waals surface area contributed by atoms with Gasteiger partial charge in [-0.25, -0.2) is 0 Å². The molecule has 0 aliphatic carbocycles. The molecule has 0 spiro atoms. The molecule has 0 aromatic heterocycles. The quantitative estimate of drug-likeness (QED) is 0.272. The molecule has 0 aliphatic heterocycles. The molecule has 0 aromatic carbocycles. The minimum absolute atomic E-state index is 0. The van der Waals surface area contributed by atoms with Crippen molar-refractivity contribution in [1.29, 1.82) is 0 Å². The Hall–Kier alpha value is 1.30. The summed E-state index contributed by atoms with van der Waals surface area (Å²) < 4.78 is 69.2. The first-order valence-corrected chi connectivity index (χ1v) is 10.9. The molecular weight excluding hydrogens is 587 g/mol. The molecule has 0 heterocycles. The third-order valence-corrected chi connectivity index (χ3v) is 0. The average Bonchev–Trinajstić information content (AvgIpc) is 1.12. The van der Waals surface area contributed by atoms with E-state index in [4.69, 9.17) is 28.6 Å². The van der Waals surface area contributed by atoms with Gasteiger partial charge in [-0.3, -0.25) is 0 Å². The Labute approximate surface area is 87.4 Å². The maximum atomic E-state index is 8.65. The van der Waals surface area contributed by atoms with Crippen molar-refractivity contribution in [3.05, 3.63) is 0 Å². The third-order valence-electron chi connectivity index (χ3n) is 0. The third kappa shape index (κ3) is 578. The normalized spacial score (nSPS) is 10.5. The van der Waals surface area contributed by atoms with E-state index in [9.17, 15) is 0 Å². The molecule has 0 rings (SSSR count). The van der Waals surface area contributed by atoms with Crippen molar-refractivity contribution in [2.45, 2.75) is 0 Å². The summed E-state index contributed by atoms with van der Waals surface area (Å²) in [5.74, 6) is 0. The van der Waals surface area contributed by atoms with Gasteiger partial charge in [0, 0.05) is 0 Å². The van der Waals surface area contributed by atoms with Crippen LogP contribution >= 0.6 is 0 Å². The van der Waals surface area contributed by atoms with Crippen molar-refractivity contribution in [1.82, 2.24) is 0 Å². The second-order valence-electron chi connectivity index (χ2n) is 0.816. The van der Waals surface area contributed by atoms with E-state index in [1.54, 1.807) is 0 Å². The first-order valence-electron chi connectivity index (χ1n) is 1.33. The minimum Gasteiger partial charge on any atom is 4.00 e. The van der Waals surface area contributed by atoms with Crippen LogP contribution in [0.15, 0.2) is 0 Å². The van der Waals surface area contributed by atoms with Crippen LogP contribution in [0.4, 0.5) is 0 Å². The molecule has 0 bridgehead atoms. The SMILES string of the molecule is [O]=[W](=[O])([O-])[O-].[O]=[W](=[O])([O-])[O-].[Zr+4]. The summed E-state index contributed by atoms with van der Waals surface area (Å²) in [6.45, 7) is 0. The van der Waals surface area contributed by atoms with Crippen molar-refractivity contribution in [2.75, 3.05) is 0 Å². The topological polar surface area (TPSA) is 161 Å². The Morgan fingerprint density at radius 1 is 0.636 bits per heavy atom. The smallest absolute Gasteiger partial charge is 4.00 e. The van der Waals surface area contributed by atoms with Gasteiger partial charge >= 0.3 is 88.3 Å². The zero-order valence-electron chi connectivity index (χ0n) is 4.58. The summed E-state index contributed by atoms with van der Waals surface area (Å²) in [5, 5.41) is 0. The van der Waals surface area contributed by atoms with Crippen molar-refractivity contribution in [3.63, 3.8) is 0 Å². The molecule has 0 amide bonds. The average molecular weight is 587 g/mol. The van der Waals surface area contributed by atoms with E-state index < -0.39 is 33.5 Å². The van der Waals surface area contributed by atoms with Gasteiger partial charge < -0.3 is 0 Å². The van der Waals surface area contributed by atoms with Gasteiger partial charge in [0.15, 0.2) is 0 Å². The molecule has 0 radical (unpaired) electrons. The largest absolute Gasteiger partial charge is 4.00 e. The standard InChI is InChI=1S/8O.2W.Zr/q;;;;4*-1;;;+4.